The standard InChI is InChI=1S/C51H31N3S2/c1-4-14-32(15-5-1)35-20-12-21-37(28-35)50-52-49(34-18-8-3-9-19-34)53-51(54-50)41-24-13-23-39-43-29-36(26-27-45(43)56-48(39)41)38-30-42(33-16-6-2-7-17-33)47-40-22-10-11-25-44(40)55-46(47)31-38/h1-31H. The molecular formula is C51H31N3S2. The monoisotopic (exact) mass is 749 g/mol. The molecule has 0 saturated heterocycles. The molecule has 3 aromatic heterocycles. The Kier molecular flexibility index (Phi) is 7.87. The van der Waals surface area contributed by atoms with Crippen LogP contribution in [-0.4, -0.2) is 15.0 Å². The third kappa shape index (κ3) is 5.68. The van der Waals surface area contributed by atoms with Crippen LogP contribution in [0.1, 0.15) is 0 Å². The second kappa shape index (κ2) is 13.5. The van der Waals surface area contributed by atoms with Crippen LogP contribution in [0.2, 0.25) is 0 Å². The lowest BCUT2D eigenvalue weighted by atomic mass is 9.94. The minimum absolute atomic E-state index is 0.651. The molecule has 11 rings (SSSR count). The topological polar surface area (TPSA) is 38.7 Å². The Balaban J connectivity index is 1.07. The Morgan fingerprint density at radius 1 is 0.286 bits per heavy atom. The SMILES string of the molecule is c1ccc(-c2cccc(-c3nc(-c4ccccc4)nc(-c4cccc5c4sc4ccc(-c6cc(-c7ccccc7)c7c(c6)sc6ccccc67)cc45)n3)c2)cc1. The van der Waals surface area contributed by atoms with Gasteiger partial charge in [-0.25, -0.2) is 15.0 Å². The zero-order valence-electron chi connectivity index (χ0n) is 30.1. The first-order valence-corrected chi connectivity index (χ1v) is 20.3. The van der Waals surface area contributed by atoms with Gasteiger partial charge in [-0.1, -0.05) is 146 Å². The summed E-state index contributed by atoms with van der Waals surface area (Å²) in [6.07, 6.45) is 0. The first kappa shape index (κ1) is 32.6. The fourth-order valence-electron chi connectivity index (χ4n) is 7.83. The highest BCUT2D eigenvalue weighted by Gasteiger charge is 2.19. The molecule has 0 saturated carbocycles. The summed E-state index contributed by atoms with van der Waals surface area (Å²) >= 11 is 3.67. The van der Waals surface area contributed by atoms with Crippen LogP contribution in [0.4, 0.5) is 0 Å². The summed E-state index contributed by atoms with van der Waals surface area (Å²) < 4.78 is 5.01. The third-order valence-electron chi connectivity index (χ3n) is 10.5. The summed E-state index contributed by atoms with van der Waals surface area (Å²) in [6.45, 7) is 0. The van der Waals surface area contributed by atoms with E-state index in [1.54, 1.807) is 11.3 Å². The first-order valence-electron chi connectivity index (χ1n) is 18.7. The van der Waals surface area contributed by atoms with Gasteiger partial charge < -0.3 is 0 Å². The van der Waals surface area contributed by atoms with Crippen molar-refractivity contribution in [2.75, 3.05) is 0 Å². The van der Waals surface area contributed by atoms with Crippen molar-refractivity contribution in [3.8, 4) is 67.5 Å². The van der Waals surface area contributed by atoms with Crippen LogP contribution >= 0.6 is 22.7 Å². The lowest BCUT2D eigenvalue weighted by Gasteiger charge is -2.10. The van der Waals surface area contributed by atoms with Crippen LogP contribution < -0.4 is 0 Å². The minimum Gasteiger partial charge on any atom is -0.208 e. The summed E-state index contributed by atoms with van der Waals surface area (Å²) in [6, 6.07) is 66.8. The Hall–Kier alpha value is -6.79. The molecule has 3 nitrogen and oxygen atoms in total. The lowest BCUT2D eigenvalue weighted by Crippen LogP contribution is -2.00. The molecule has 11 aromatic rings. The summed E-state index contributed by atoms with van der Waals surface area (Å²) in [5, 5.41) is 5.07. The van der Waals surface area contributed by atoms with E-state index >= 15 is 0 Å². The first-order chi connectivity index (χ1) is 27.7. The predicted molar refractivity (Wildman–Crippen MR) is 238 cm³/mol. The van der Waals surface area contributed by atoms with Crippen molar-refractivity contribution in [1.82, 2.24) is 15.0 Å². The highest BCUT2D eigenvalue weighted by atomic mass is 32.1. The summed E-state index contributed by atoms with van der Waals surface area (Å²) in [7, 11) is 0. The molecule has 0 aliphatic carbocycles. The van der Waals surface area contributed by atoms with Gasteiger partial charge in [-0.3, -0.25) is 0 Å². The third-order valence-corrected chi connectivity index (χ3v) is 12.9. The van der Waals surface area contributed by atoms with Gasteiger partial charge in [0.15, 0.2) is 17.5 Å². The Morgan fingerprint density at radius 2 is 0.875 bits per heavy atom. The van der Waals surface area contributed by atoms with E-state index in [1.807, 2.05) is 35.6 Å². The fourth-order valence-corrected chi connectivity index (χ4v) is 10.2. The number of fused-ring (bicyclic) bond motifs is 6. The van der Waals surface area contributed by atoms with Crippen molar-refractivity contribution in [2.24, 2.45) is 0 Å². The smallest absolute Gasteiger partial charge is 0.165 e. The molecule has 0 N–H and O–H groups in total. The van der Waals surface area contributed by atoms with Gasteiger partial charge in [-0.15, -0.1) is 22.7 Å². The number of aromatic nitrogens is 3. The van der Waals surface area contributed by atoms with Gasteiger partial charge in [0.25, 0.3) is 0 Å². The molecule has 262 valence electrons. The van der Waals surface area contributed by atoms with E-state index in [1.165, 1.54) is 62.6 Å². The van der Waals surface area contributed by atoms with E-state index in [9.17, 15) is 0 Å². The molecule has 0 unspecified atom stereocenters. The van der Waals surface area contributed by atoms with Crippen molar-refractivity contribution >= 4 is 63.0 Å². The fraction of sp³-hybridized carbons (Fsp3) is 0. The number of benzene rings is 8. The van der Waals surface area contributed by atoms with E-state index in [0.29, 0.717) is 17.5 Å². The van der Waals surface area contributed by atoms with Gasteiger partial charge in [0.1, 0.15) is 0 Å². The number of hydrogen-bond acceptors (Lipinski definition) is 5. The number of hydrogen-bond donors (Lipinski definition) is 0. The number of rotatable bonds is 6. The van der Waals surface area contributed by atoms with Crippen LogP contribution in [0.3, 0.4) is 0 Å². The maximum absolute atomic E-state index is 5.19. The molecule has 8 aromatic carbocycles. The second-order valence-electron chi connectivity index (χ2n) is 14.0. The van der Waals surface area contributed by atoms with Crippen LogP contribution in [0.25, 0.3) is 108 Å². The summed E-state index contributed by atoms with van der Waals surface area (Å²) in [4.78, 5) is 15.4. The maximum Gasteiger partial charge on any atom is 0.165 e. The lowest BCUT2D eigenvalue weighted by molar-refractivity contribution is 1.08. The molecule has 5 heteroatoms. The summed E-state index contributed by atoms with van der Waals surface area (Å²) in [5.41, 5.74) is 10.1. The van der Waals surface area contributed by atoms with Gasteiger partial charge in [0.05, 0.1) is 0 Å². The largest absolute Gasteiger partial charge is 0.208 e. The van der Waals surface area contributed by atoms with Crippen molar-refractivity contribution in [3.63, 3.8) is 0 Å². The molecule has 56 heavy (non-hydrogen) atoms. The molecule has 0 aliphatic rings. The van der Waals surface area contributed by atoms with Crippen LogP contribution in [0, 0.1) is 0 Å². The average Bonchev–Trinajstić information content (AvgIpc) is 3.85. The molecule has 0 amide bonds. The molecule has 0 fully saturated rings. The van der Waals surface area contributed by atoms with E-state index in [2.05, 4.69) is 164 Å². The predicted octanol–water partition coefficient (Wildman–Crippen LogP) is 14.6. The second-order valence-corrected chi connectivity index (χ2v) is 16.1. The van der Waals surface area contributed by atoms with Gasteiger partial charge >= 0.3 is 0 Å². The quantitative estimate of drug-likeness (QED) is 0.170. The van der Waals surface area contributed by atoms with Crippen molar-refractivity contribution in [3.05, 3.63) is 188 Å². The van der Waals surface area contributed by atoms with Gasteiger partial charge in [0, 0.05) is 57.0 Å². The number of thiophene rings is 2. The molecule has 0 aliphatic heterocycles. The minimum atomic E-state index is 0.651. The van der Waals surface area contributed by atoms with E-state index in [0.717, 1.165) is 27.8 Å². The number of nitrogens with zero attached hydrogens (tertiary/aromatic N) is 3. The molecular weight excluding hydrogens is 719 g/mol. The zero-order valence-corrected chi connectivity index (χ0v) is 31.7. The Bertz CT molecular complexity index is 3240. The van der Waals surface area contributed by atoms with Crippen LogP contribution in [0.15, 0.2) is 188 Å². The van der Waals surface area contributed by atoms with Gasteiger partial charge in [-0.05, 0) is 75.8 Å². The highest BCUT2D eigenvalue weighted by Crippen LogP contribution is 2.45. The summed E-state index contributed by atoms with van der Waals surface area (Å²) in [5.74, 6) is 1.97. The van der Waals surface area contributed by atoms with Crippen LogP contribution in [-0.2, 0) is 0 Å². The van der Waals surface area contributed by atoms with E-state index in [4.69, 9.17) is 15.0 Å². The van der Waals surface area contributed by atoms with Crippen LogP contribution in [0.5, 0.6) is 0 Å². The van der Waals surface area contributed by atoms with Crippen molar-refractivity contribution in [1.29, 1.82) is 0 Å². The zero-order chi connectivity index (χ0) is 37.0. The van der Waals surface area contributed by atoms with E-state index < -0.39 is 0 Å². The molecule has 3 heterocycles. The Morgan fingerprint density at radius 3 is 1.68 bits per heavy atom. The molecule has 0 atom stereocenters. The van der Waals surface area contributed by atoms with Crippen molar-refractivity contribution in [2.45, 2.75) is 0 Å². The normalized spacial score (nSPS) is 11.6. The van der Waals surface area contributed by atoms with Crippen molar-refractivity contribution < 1.29 is 0 Å². The van der Waals surface area contributed by atoms with Gasteiger partial charge in [-0.2, -0.15) is 0 Å². The van der Waals surface area contributed by atoms with Gasteiger partial charge in [0.2, 0.25) is 0 Å². The maximum atomic E-state index is 5.19. The molecule has 0 radical (unpaired) electrons. The molecule has 0 bridgehead atoms. The average molecular weight is 750 g/mol. The highest BCUT2D eigenvalue weighted by molar-refractivity contribution is 7.26. The van der Waals surface area contributed by atoms with E-state index in [-0.39, 0.29) is 0 Å². The molecule has 0 spiro atoms. The Labute approximate surface area is 331 Å².